The van der Waals surface area contributed by atoms with Crippen LogP contribution in [0.3, 0.4) is 0 Å². The highest BCUT2D eigenvalue weighted by Gasteiger charge is 2.14. The second-order valence-corrected chi connectivity index (χ2v) is 5.72. The third kappa shape index (κ3) is 3.19. The summed E-state index contributed by atoms with van der Waals surface area (Å²) in [4.78, 5) is 0. The van der Waals surface area contributed by atoms with Crippen LogP contribution in [0.5, 0.6) is 0 Å². The van der Waals surface area contributed by atoms with E-state index in [4.69, 9.17) is 14.9 Å². The lowest BCUT2D eigenvalue weighted by Crippen LogP contribution is -2.20. The Balaban J connectivity index is 2.04. The number of furan rings is 1. The highest BCUT2D eigenvalue weighted by atomic mass is 32.2. The van der Waals surface area contributed by atoms with Gasteiger partial charge in [0.05, 0.1) is 12.6 Å². The normalized spacial score (nSPS) is 14.8. The summed E-state index contributed by atoms with van der Waals surface area (Å²) in [6.07, 6.45) is 0. The van der Waals surface area contributed by atoms with Gasteiger partial charge in [0, 0.05) is 34.8 Å². The maximum Gasteiger partial charge on any atom is 0.134 e. The number of para-hydroxylation sites is 1. The largest absolute Gasteiger partial charge is 0.459 e. The molecule has 1 aromatic heterocycles. The Morgan fingerprint density at radius 2 is 2.22 bits per heavy atom. The first-order valence-electron chi connectivity index (χ1n) is 5.78. The quantitative estimate of drug-likeness (QED) is 0.867. The van der Waals surface area contributed by atoms with Gasteiger partial charge in [-0.3, -0.25) is 4.21 Å². The van der Waals surface area contributed by atoms with Gasteiger partial charge in [0.2, 0.25) is 0 Å². The van der Waals surface area contributed by atoms with Gasteiger partial charge in [-0.25, -0.2) is 0 Å². The molecule has 2 aromatic rings. The van der Waals surface area contributed by atoms with E-state index in [0.29, 0.717) is 23.9 Å². The first kappa shape index (κ1) is 13.3. The van der Waals surface area contributed by atoms with Crippen LogP contribution in [-0.4, -0.2) is 29.4 Å². The molecular weight excluding hydrogens is 250 g/mol. The van der Waals surface area contributed by atoms with Crippen LogP contribution in [0.4, 0.5) is 0 Å². The van der Waals surface area contributed by atoms with Crippen molar-refractivity contribution < 1.29 is 13.4 Å². The van der Waals surface area contributed by atoms with E-state index in [1.54, 1.807) is 7.11 Å². The number of nitrogens with two attached hydrogens (primary N) is 1. The van der Waals surface area contributed by atoms with E-state index >= 15 is 0 Å². The summed E-state index contributed by atoms with van der Waals surface area (Å²) >= 11 is 0. The van der Waals surface area contributed by atoms with Gasteiger partial charge in [-0.15, -0.1) is 0 Å². The standard InChI is InChI=1S/C13H17NO3S/c1-16-6-7-18(15)9-11(14)13-8-10-4-2-3-5-12(10)17-13/h2-5,8,11H,6-7,9,14H2,1H3. The highest BCUT2D eigenvalue weighted by molar-refractivity contribution is 7.85. The van der Waals surface area contributed by atoms with Crippen molar-refractivity contribution in [1.29, 1.82) is 0 Å². The maximum absolute atomic E-state index is 11.7. The van der Waals surface area contributed by atoms with Crippen LogP contribution >= 0.6 is 0 Å². The number of methoxy groups -OCH3 is 1. The molecule has 2 rings (SSSR count). The molecule has 5 heteroatoms. The van der Waals surface area contributed by atoms with Gasteiger partial charge in [-0.05, 0) is 12.1 Å². The topological polar surface area (TPSA) is 65.5 Å². The molecule has 18 heavy (non-hydrogen) atoms. The number of hydrogen-bond acceptors (Lipinski definition) is 4. The minimum atomic E-state index is -0.982. The zero-order valence-electron chi connectivity index (χ0n) is 10.3. The predicted molar refractivity (Wildman–Crippen MR) is 72.9 cm³/mol. The zero-order valence-corrected chi connectivity index (χ0v) is 11.1. The molecule has 0 saturated heterocycles. The Morgan fingerprint density at radius 3 is 2.94 bits per heavy atom. The average molecular weight is 267 g/mol. The Hall–Kier alpha value is -1.17. The molecular formula is C13H17NO3S. The van der Waals surface area contributed by atoms with E-state index in [1.165, 1.54) is 0 Å². The van der Waals surface area contributed by atoms with Crippen molar-refractivity contribution >= 4 is 21.8 Å². The summed E-state index contributed by atoms with van der Waals surface area (Å²) in [5.41, 5.74) is 6.81. The first-order chi connectivity index (χ1) is 8.70. The first-order valence-corrected chi connectivity index (χ1v) is 7.27. The lowest BCUT2D eigenvalue weighted by atomic mass is 10.2. The van der Waals surface area contributed by atoms with Crippen molar-refractivity contribution in [2.45, 2.75) is 6.04 Å². The van der Waals surface area contributed by atoms with Crippen LogP contribution in [0, 0.1) is 0 Å². The molecule has 0 aliphatic carbocycles. The number of hydrogen-bond donors (Lipinski definition) is 1. The Bertz CT molecular complexity index is 505. The lowest BCUT2D eigenvalue weighted by Gasteiger charge is -2.07. The van der Waals surface area contributed by atoms with Crippen LogP contribution in [0.15, 0.2) is 34.7 Å². The van der Waals surface area contributed by atoms with Crippen LogP contribution in [0.2, 0.25) is 0 Å². The molecule has 98 valence electrons. The van der Waals surface area contributed by atoms with Crippen molar-refractivity contribution in [1.82, 2.24) is 0 Å². The van der Waals surface area contributed by atoms with Crippen molar-refractivity contribution in [2.24, 2.45) is 5.73 Å². The second-order valence-electron chi connectivity index (χ2n) is 4.10. The molecule has 0 saturated carbocycles. The molecule has 0 aliphatic rings. The van der Waals surface area contributed by atoms with E-state index in [9.17, 15) is 4.21 Å². The minimum Gasteiger partial charge on any atom is -0.459 e. The van der Waals surface area contributed by atoms with Gasteiger partial charge in [-0.2, -0.15) is 0 Å². The monoisotopic (exact) mass is 267 g/mol. The fraction of sp³-hybridized carbons (Fsp3) is 0.385. The highest BCUT2D eigenvalue weighted by Crippen LogP contribution is 2.23. The molecule has 0 spiro atoms. The van der Waals surface area contributed by atoms with Gasteiger partial charge in [0.25, 0.3) is 0 Å². The average Bonchev–Trinajstić information content (AvgIpc) is 2.80. The molecule has 0 aliphatic heterocycles. The molecule has 2 atom stereocenters. The van der Waals surface area contributed by atoms with Gasteiger partial charge < -0.3 is 14.9 Å². The van der Waals surface area contributed by atoms with Gasteiger partial charge in [-0.1, -0.05) is 18.2 Å². The van der Waals surface area contributed by atoms with E-state index in [0.717, 1.165) is 11.0 Å². The summed E-state index contributed by atoms with van der Waals surface area (Å²) in [7, 11) is 0.611. The predicted octanol–water partition coefficient (Wildman–Crippen LogP) is 1.83. The Kier molecular flexibility index (Phi) is 4.52. The molecule has 0 amide bonds. The molecule has 2 N–H and O–H groups in total. The van der Waals surface area contributed by atoms with Crippen LogP contribution in [0.25, 0.3) is 11.0 Å². The molecule has 1 heterocycles. The fourth-order valence-electron chi connectivity index (χ4n) is 1.73. The third-order valence-corrected chi connectivity index (χ3v) is 4.04. The van der Waals surface area contributed by atoms with Crippen LogP contribution in [-0.2, 0) is 15.5 Å². The van der Waals surface area contributed by atoms with Gasteiger partial charge in [0.15, 0.2) is 0 Å². The third-order valence-electron chi connectivity index (χ3n) is 2.69. The summed E-state index contributed by atoms with van der Waals surface area (Å²) in [6, 6.07) is 9.30. The number of ether oxygens (including phenoxy) is 1. The molecule has 4 nitrogen and oxygen atoms in total. The number of benzene rings is 1. The summed E-state index contributed by atoms with van der Waals surface area (Å²) in [5.74, 6) is 1.58. The molecule has 0 bridgehead atoms. The van der Waals surface area contributed by atoms with Crippen molar-refractivity contribution in [3.8, 4) is 0 Å². The summed E-state index contributed by atoms with van der Waals surface area (Å²) in [5, 5.41) is 1.02. The lowest BCUT2D eigenvalue weighted by molar-refractivity contribution is 0.218. The van der Waals surface area contributed by atoms with Gasteiger partial charge >= 0.3 is 0 Å². The molecule has 1 aromatic carbocycles. The molecule has 0 fully saturated rings. The fourth-order valence-corrected chi connectivity index (χ4v) is 2.81. The van der Waals surface area contributed by atoms with Crippen LogP contribution in [0.1, 0.15) is 11.8 Å². The van der Waals surface area contributed by atoms with Gasteiger partial charge in [0.1, 0.15) is 11.3 Å². The smallest absolute Gasteiger partial charge is 0.134 e. The SMILES string of the molecule is COCCS(=O)CC(N)c1cc2ccccc2o1. The second kappa shape index (κ2) is 6.13. The van der Waals surface area contributed by atoms with Crippen molar-refractivity contribution in [3.63, 3.8) is 0 Å². The van der Waals surface area contributed by atoms with E-state index in [1.807, 2.05) is 30.3 Å². The Labute approximate surface area is 109 Å². The number of rotatable bonds is 6. The Morgan fingerprint density at radius 1 is 1.44 bits per heavy atom. The molecule has 2 unspecified atom stereocenters. The van der Waals surface area contributed by atoms with Crippen molar-refractivity contribution in [2.75, 3.05) is 25.2 Å². The van der Waals surface area contributed by atoms with Crippen LogP contribution < -0.4 is 5.73 Å². The number of fused-ring (bicyclic) bond motifs is 1. The maximum atomic E-state index is 11.7. The summed E-state index contributed by atoms with van der Waals surface area (Å²) in [6.45, 7) is 0.486. The van der Waals surface area contributed by atoms with E-state index < -0.39 is 10.8 Å². The summed E-state index contributed by atoms with van der Waals surface area (Å²) < 4.78 is 22.2. The van der Waals surface area contributed by atoms with E-state index in [2.05, 4.69) is 0 Å². The van der Waals surface area contributed by atoms with Crippen molar-refractivity contribution in [3.05, 3.63) is 36.1 Å². The zero-order chi connectivity index (χ0) is 13.0. The minimum absolute atomic E-state index is 0.338. The molecule has 0 radical (unpaired) electrons. The van der Waals surface area contributed by atoms with E-state index in [-0.39, 0.29) is 6.04 Å².